The van der Waals surface area contributed by atoms with Gasteiger partial charge in [0.25, 0.3) is 0 Å². The van der Waals surface area contributed by atoms with E-state index in [1.165, 1.54) is 69.8 Å². The predicted octanol–water partition coefficient (Wildman–Crippen LogP) is 9.15. The van der Waals surface area contributed by atoms with Crippen LogP contribution in [-0.2, 0) is 6.42 Å². The first kappa shape index (κ1) is 28.3. The molecule has 0 radical (unpaired) electrons. The van der Waals surface area contributed by atoms with E-state index in [1.807, 2.05) is 36.7 Å². The van der Waals surface area contributed by atoms with Gasteiger partial charge in [-0.3, -0.25) is 0 Å². The molecule has 0 saturated heterocycles. The molecule has 4 heteroatoms. The van der Waals surface area contributed by atoms with Crippen molar-refractivity contribution >= 4 is 0 Å². The maximum atomic E-state index is 14.2. The van der Waals surface area contributed by atoms with Gasteiger partial charge in [-0.05, 0) is 55.0 Å². The van der Waals surface area contributed by atoms with Crippen LogP contribution in [0.5, 0.6) is 5.75 Å². The predicted molar refractivity (Wildman–Crippen MR) is 142 cm³/mol. The van der Waals surface area contributed by atoms with Crippen LogP contribution in [0.25, 0.3) is 11.4 Å². The van der Waals surface area contributed by atoms with Crippen LogP contribution in [0.1, 0.15) is 110 Å². The molecule has 0 aliphatic rings. The van der Waals surface area contributed by atoms with Gasteiger partial charge in [0.15, 0.2) is 5.82 Å². The maximum absolute atomic E-state index is 14.2. The summed E-state index contributed by atoms with van der Waals surface area (Å²) >= 11 is 0. The standard InChI is InChI=1S/C30H47FN2O/c1-4-6-7-8-9-10-11-12-16-26-22-32-30(33-23-26)27-18-20-29(21-19-27)34-24-28(31)17-13-15-25(3)14-5-2/h18-23,25,28H,4-17,24H2,1-3H3. The first-order valence-corrected chi connectivity index (χ1v) is 13.8. The number of alkyl halides is 1. The molecule has 34 heavy (non-hydrogen) atoms. The molecule has 0 N–H and O–H groups in total. The minimum absolute atomic E-state index is 0.117. The number of aromatic nitrogens is 2. The van der Waals surface area contributed by atoms with E-state index >= 15 is 0 Å². The summed E-state index contributed by atoms with van der Waals surface area (Å²) in [5.74, 6) is 2.10. The Morgan fingerprint density at radius 1 is 0.765 bits per heavy atom. The van der Waals surface area contributed by atoms with Gasteiger partial charge in [-0.1, -0.05) is 91.4 Å². The first-order valence-electron chi connectivity index (χ1n) is 13.8. The SMILES string of the molecule is CCCCCCCCCCc1cnc(-c2ccc(OCC(F)CCCC(C)CCC)cc2)nc1. The van der Waals surface area contributed by atoms with Crippen molar-refractivity contribution < 1.29 is 9.13 Å². The van der Waals surface area contributed by atoms with Gasteiger partial charge in [0.1, 0.15) is 18.5 Å². The van der Waals surface area contributed by atoms with E-state index in [9.17, 15) is 4.39 Å². The van der Waals surface area contributed by atoms with Gasteiger partial charge in [0.05, 0.1) is 0 Å². The molecular formula is C30H47FN2O. The molecule has 190 valence electrons. The molecule has 0 bridgehead atoms. The monoisotopic (exact) mass is 470 g/mol. The highest BCUT2D eigenvalue weighted by Crippen LogP contribution is 2.21. The molecule has 2 aromatic rings. The normalized spacial score (nSPS) is 13.1. The minimum Gasteiger partial charge on any atom is -0.491 e. The molecule has 1 aromatic carbocycles. The van der Waals surface area contributed by atoms with Crippen molar-refractivity contribution in [1.29, 1.82) is 0 Å². The highest BCUT2D eigenvalue weighted by atomic mass is 19.1. The minimum atomic E-state index is -0.912. The smallest absolute Gasteiger partial charge is 0.159 e. The zero-order valence-corrected chi connectivity index (χ0v) is 21.9. The van der Waals surface area contributed by atoms with Crippen molar-refractivity contribution in [3.05, 3.63) is 42.2 Å². The lowest BCUT2D eigenvalue weighted by Gasteiger charge is -2.13. The van der Waals surface area contributed by atoms with Gasteiger partial charge in [-0.15, -0.1) is 0 Å². The van der Waals surface area contributed by atoms with Crippen LogP contribution in [0.2, 0.25) is 0 Å². The van der Waals surface area contributed by atoms with Crippen molar-refractivity contribution in [3.8, 4) is 17.1 Å². The molecule has 0 saturated carbocycles. The summed E-state index contributed by atoms with van der Waals surface area (Å²) < 4.78 is 19.8. The number of hydrogen-bond donors (Lipinski definition) is 0. The summed E-state index contributed by atoms with van der Waals surface area (Å²) in [6.07, 6.45) is 19.7. The van der Waals surface area contributed by atoms with Crippen molar-refractivity contribution in [2.24, 2.45) is 5.92 Å². The van der Waals surface area contributed by atoms with Gasteiger partial charge in [-0.25, -0.2) is 14.4 Å². The Hall–Kier alpha value is -1.97. The topological polar surface area (TPSA) is 35.0 Å². The van der Waals surface area contributed by atoms with E-state index in [2.05, 4.69) is 30.7 Å². The van der Waals surface area contributed by atoms with Crippen LogP contribution in [0.3, 0.4) is 0 Å². The Labute approximate surface area is 208 Å². The average Bonchev–Trinajstić information content (AvgIpc) is 2.85. The van der Waals surface area contributed by atoms with Crippen molar-refractivity contribution in [2.75, 3.05) is 6.61 Å². The number of nitrogens with zero attached hydrogens (tertiary/aromatic N) is 2. The lowest BCUT2D eigenvalue weighted by atomic mass is 9.98. The molecule has 3 nitrogen and oxygen atoms in total. The zero-order chi connectivity index (χ0) is 24.4. The molecule has 0 aliphatic heterocycles. The molecule has 0 amide bonds. The number of rotatable bonds is 19. The molecule has 2 unspecified atom stereocenters. The fraction of sp³-hybridized carbons (Fsp3) is 0.667. The fourth-order valence-corrected chi connectivity index (χ4v) is 4.39. The van der Waals surface area contributed by atoms with E-state index in [1.54, 1.807) is 0 Å². The number of aryl methyl sites for hydroxylation is 1. The number of ether oxygens (including phenoxy) is 1. The molecule has 1 heterocycles. The molecule has 2 atom stereocenters. The highest BCUT2D eigenvalue weighted by molar-refractivity contribution is 5.55. The maximum Gasteiger partial charge on any atom is 0.159 e. The van der Waals surface area contributed by atoms with Gasteiger partial charge in [0.2, 0.25) is 0 Å². The van der Waals surface area contributed by atoms with Crippen LogP contribution < -0.4 is 4.74 Å². The van der Waals surface area contributed by atoms with E-state index in [0.717, 1.165) is 30.7 Å². The Balaban J connectivity index is 1.66. The third kappa shape index (κ3) is 11.9. The molecule has 1 aromatic heterocycles. The zero-order valence-electron chi connectivity index (χ0n) is 21.9. The summed E-state index contributed by atoms with van der Waals surface area (Å²) in [5, 5.41) is 0. The van der Waals surface area contributed by atoms with Crippen LogP contribution in [0.15, 0.2) is 36.7 Å². The Morgan fingerprint density at radius 3 is 2.06 bits per heavy atom. The lowest BCUT2D eigenvalue weighted by Crippen LogP contribution is -2.13. The summed E-state index contributed by atoms with van der Waals surface area (Å²) in [7, 11) is 0. The number of unbranched alkanes of at least 4 members (excludes halogenated alkanes) is 7. The van der Waals surface area contributed by atoms with Gasteiger partial charge < -0.3 is 4.74 Å². The van der Waals surface area contributed by atoms with Crippen LogP contribution in [-0.4, -0.2) is 22.7 Å². The highest BCUT2D eigenvalue weighted by Gasteiger charge is 2.10. The van der Waals surface area contributed by atoms with Crippen LogP contribution >= 0.6 is 0 Å². The van der Waals surface area contributed by atoms with Gasteiger partial charge in [-0.2, -0.15) is 0 Å². The third-order valence-electron chi connectivity index (χ3n) is 6.56. The van der Waals surface area contributed by atoms with E-state index in [0.29, 0.717) is 18.1 Å². The summed E-state index contributed by atoms with van der Waals surface area (Å²) in [6.45, 7) is 6.83. The summed E-state index contributed by atoms with van der Waals surface area (Å²) in [5.41, 5.74) is 2.15. The Kier molecular flexibility index (Phi) is 14.5. The second kappa shape index (κ2) is 17.5. The van der Waals surface area contributed by atoms with Gasteiger partial charge >= 0.3 is 0 Å². The van der Waals surface area contributed by atoms with E-state index < -0.39 is 6.17 Å². The van der Waals surface area contributed by atoms with E-state index in [4.69, 9.17) is 4.74 Å². The molecule has 0 spiro atoms. The molecule has 0 fully saturated rings. The first-order chi connectivity index (χ1) is 16.6. The van der Waals surface area contributed by atoms with Crippen LogP contribution in [0, 0.1) is 5.92 Å². The molecule has 2 rings (SSSR count). The lowest BCUT2D eigenvalue weighted by molar-refractivity contribution is 0.182. The van der Waals surface area contributed by atoms with E-state index in [-0.39, 0.29) is 6.61 Å². The Morgan fingerprint density at radius 2 is 1.41 bits per heavy atom. The van der Waals surface area contributed by atoms with Gasteiger partial charge in [0, 0.05) is 18.0 Å². The summed E-state index contributed by atoms with van der Waals surface area (Å²) in [6, 6.07) is 7.65. The third-order valence-corrected chi connectivity index (χ3v) is 6.56. The quantitative estimate of drug-likeness (QED) is 0.192. The number of benzene rings is 1. The van der Waals surface area contributed by atoms with Crippen molar-refractivity contribution in [1.82, 2.24) is 9.97 Å². The van der Waals surface area contributed by atoms with Crippen molar-refractivity contribution in [3.63, 3.8) is 0 Å². The second-order valence-corrected chi connectivity index (χ2v) is 9.90. The number of hydrogen-bond acceptors (Lipinski definition) is 3. The average molecular weight is 471 g/mol. The summed E-state index contributed by atoms with van der Waals surface area (Å²) in [4.78, 5) is 9.10. The fourth-order valence-electron chi connectivity index (χ4n) is 4.39. The largest absolute Gasteiger partial charge is 0.491 e. The molecular weight excluding hydrogens is 423 g/mol. The number of halogens is 1. The molecule has 0 aliphatic carbocycles. The second-order valence-electron chi connectivity index (χ2n) is 9.90. The van der Waals surface area contributed by atoms with Crippen molar-refractivity contribution in [2.45, 2.75) is 117 Å². The Bertz CT molecular complexity index is 747. The van der Waals surface area contributed by atoms with Crippen LogP contribution in [0.4, 0.5) is 4.39 Å².